The van der Waals surface area contributed by atoms with E-state index in [0.29, 0.717) is 23.6 Å². The van der Waals surface area contributed by atoms with Gasteiger partial charge in [0.2, 0.25) is 5.91 Å². The summed E-state index contributed by atoms with van der Waals surface area (Å²) in [5.74, 6) is 0.0556. The Morgan fingerprint density at radius 1 is 1.23 bits per heavy atom. The third-order valence-electron chi connectivity index (χ3n) is 5.22. The van der Waals surface area contributed by atoms with E-state index in [1.807, 2.05) is 0 Å². The van der Waals surface area contributed by atoms with Crippen LogP contribution in [0.15, 0.2) is 42.9 Å². The van der Waals surface area contributed by atoms with Crippen molar-refractivity contribution in [3.8, 4) is 0 Å². The Hall–Kier alpha value is -2.52. The lowest BCUT2D eigenvalue weighted by Gasteiger charge is -2.31. The molecule has 0 aromatic carbocycles. The lowest BCUT2D eigenvalue weighted by molar-refractivity contribution is -0.141. The molecule has 0 saturated carbocycles. The first kappa shape index (κ1) is 22.2. The number of hydrogen-bond acceptors (Lipinski definition) is 5. The van der Waals surface area contributed by atoms with Crippen LogP contribution < -0.4 is 5.32 Å². The summed E-state index contributed by atoms with van der Waals surface area (Å²) in [6, 6.07) is 5.61. The molecule has 1 atom stereocenters. The maximum absolute atomic E-state index is 13.0. The second-order valence-corrected chi connectivity index (χ2v) is 7.52. The summed E-state index contributed by atoms with van der Waals surface area (Å²) in [6.07, 6.45) is 0.607. The van der Waals surface area contributed by atoms with Crippen LogP contribution in [0.5, 0.6) is 0 Å². The fourth-order valence-electron chi connectivity index (χ4n) is 3.52. The maximum Gasteiger partial charge on any atom is 0.433 e. The molecule has 0 radical (unpaired) electrons. The quantitative estimate of drug-likeness (QED) is 0.717. The number of alkyl halides is 3. The van der Waals surface area contributed by atoms with Crippen LogP contribution in [0.1, 0.15) is 35.8 Å². The second-order valence-electron chi connectivity index (χ2n) is 7.52. The van der Waals surface area contributed by atoms with Crippen LogP contribution in [0.25, 0.3) is 0 Å². The van der Waals surface area contributed by atoms with Crippen LogP contribution in [-0.2, 0) is 17.4 Å². The molecule has 3 heterocycles. The lowest BCUT2D eigenvalue weighted by atomic mass is 9.97. The van der Waals surface area contributed by atoms with E-state index in [1.165, 1.54) is 6.07 Å². The van der Waals surface area contributed by atoms with Crippen LogP contribution in [0, 0.1) is 5.92 Å². The minimum absolute atomic E-state index is 0.0735. The molecule has 3 rings (SSSR count). The van der Waals surface area contributed by atoms with Crippen molar-refractivity contribution in [3.63, 3.8) is 0 Å². The molecule has 1 amide bonds. The van der Waals surface area contributed by atoms with Crippen molar-refractivity contribution in [1.82, 2.24) is 20.2 Å². The number of hydrogen-bond donors (Lipinski definition) is 2. The minimum atomic E-state index is -4.52. The number of nitrogens with zero attached hydrogens (tertiary/aromatic N) is 3. The molecule has 6 nitrogen and oxygen atoms in total. The van der Waals surface area contributed by atoms with Gasteiger partial charge in [-0.3, -0.25) is 14.8 Å². The van der Waals surface area contributed by atoms with Crippen LogP contribution in [-0.4, -0.2) is 52.1 Å². The van der Waals surface area contributed by atoms with Gasteiger partial charge < -0.3 is 15.3 Å². The Bertz CT molecular complexity index is 809. The van der Waals surface area contributed by atoms with Gasteiger partial charge in [-0.05, 0) is 49.5 Å². The van der Waals surface area contributed by atoms with Crippen molar-refractivity contribution in [2.45, 2.75) is 31.5 Å². The van der Waals surface area contributed by atoms with Crippen molar-refractivity contribution < 1.29 is 23.1 Å². The van der Waals surface area contributed by atoms with E-state index in [4.69, 9.17) is 0 Å². The standard InChI is InChI=1S/C21H25F3N4O2/c22-21(23,24)19-4-3-16(11-27-19)10-20(30)28(13-15-5-8-25-9-6-15)14-18(29)17-2-1-7-26-12-17/h1-4,7,11-12,15,18,25,29H,5-6,8-10,13-14H2/t18-/m1/s1. The Balaban J connectivity index is 1.70. The van der Waals surface area contributed by atoms with Gasteiger partial charge in [0.25, 0.3) is 0 Å². The molecular weight excluding hydrogens is 397 g/mol. The molecule has 2 aromatic rings. The molecule has 1 saturated heterocycles. The summed E-state index contributed by atoms with van der Waals surface area (Å²) < 4.78 is 38.1. The van der Waals surface area contributed by atoms with Gasteiger partial charge in [0.1, 0.15) is 5.69 Å². The smallest absolute Gasteiger partial charge is 0.386 e. The largest absolute Gasteiger partial charge is 0.433 e. The van der Waals surface area contributed by atoms with Gasteiger partial charge in [0.15, 0.2) is 0 Å². The van der Waals surface area contributed by atoms with Gasteiger partial charge in [-0.15, -0.1) is 0 Å². The van der Waals surface area contributed by atoms with Gasteiger partial charge in [-0.1, -0.05) is 12.1 Å². The molecule has 162 valence electrons. The molecule has 1 aliphatic heterocycles. The molecule has 9 heteroatoms. The van der Waals surface area contributed by atoms with Crippen LogP contribution in [0.2, 0.25) is 0 Å². The number of amides is 1. The van der Waals surface area contributed by atoms with E-state index < -0.39 is 18.0 Å². The summed E-state index contributed by atoms with van der Waals surface area (Å²) >= 11 is 0. The summed E-state index contributed by atoms with van der Waals surface area (Å²) in [4.78, 5) is 22.0. The number of rotatable bonds is 7. The average molecular weight is 422 g/mol. The third-order valence-corrected chi connectivity index (χ3v) is 5.22. The fraction of sp³-hybridized carbons (Fsp3) is 0.476. The average Bonchev–Trinajstić information content (AvgIpc) is 2.74. The Labute approximate surface area is 173 Å². The van der Waals surface area contributed by atoms with E-state index in [2.05, 4.69) is 15.3 Å². The summed E-state index contributed by atoms with van der Waals surface area (Å²) in [7, 11) is 0. The van der Waals surface area contributed by atoms with Crippen molar-refractivity contribution in [1.29, 1.82) is 0 Å². The predicted molar refractivity (Wildman–Crippen MR) is 104 cm³/mol. The number of aliphatic hydroxyl groups is 1. The molecule has 0 aliphatic carbocycles. The number of aromatic nitrogens is 2. The van der Waals surface area contributed by atoms with Crippen molar-refractivity contribution in [2.24, 2.45) is 5.92 Å². The zero-order valence-corrected chi connectivity index (χ0v) is 16.5. The number of nitrogens with one attached hydrogen (secondary N) is 1. The molecule has 0 bridgehead atoms. The molecule has 0 unspecified atom stereocenters. The first-order valence-electron chi connectivity index (χ1n) is 9.91. The van der Waals surface area contributed by atoms with E-state index in [1.54, 1.807) is 29.4 Å². The van der Waals surface area contributed by atoms with Crippen molar-refractivity contribution in [2.75, 3.05) is 26.2 Å². The number of piperidine rings is 1. The van der Waals surface area contributed by atoms with Crippen LogP contribution in [0.3, 0.4) is 0 Å². The number of carbonyl (C=O) groups excluding carboxylic acids is 1. The Morgan fingerprint density at radius 3 is 2.60 bits per heavy atom. The number of aliphatic hydroxyl groups excluding tert-OH is 1. The van der Waals surface area contributed by atoms with Crippen LogP contribution in [0.4, 0.5) is 13.2 Å². The summed E-state index contributed by atoms with van der Waals surface area (Å²) in [6.45, 7) is 2.34. The highest BCUT2D eigenvalue weighted by atomic mass is 19.4. The summed E-state index contributed by atoms with van der Waals surface area (Å²) in [5, 5.41) is 13.9. The highest BCUT2D eigenvalue weighted by Gasteiger charge is 2.32. The van der Waals surface area contributed by atoms with Gasteiger partial charge >= 0.3 is 6.18 Å². The van der Waals surface area contributed by atoms with Crippen molar-refractivity contribution in [3.05, 3.63) is 59.7 Å². The topological polar surface area (TPSA) is 78.4 Å². The first-order valence-corrected chi connectivity index (χ1v) is 9.91. The van der Waals surface area contributed by atoms with Crippen molar-refractivity contribution >= 4 is 5.91 Å². The molecule has 2 N–H and O–H groups in total. The lowest BCUT2D eigenvalue weighted by Crippen LogP contribution is -2.42. The number of pyridine rings is 2. The number of carbonyl (C=O) groups is 1. The first-order chi connectivity index (χ1) is 14.3. The summed E-state index contributed by atoms with van der Waals surface area (Å²) in [5.41, 5.74) is 0.0215. The molecular formula is C21H25F3N4O2. The normalized spacial score (nSPS) is 16.3. The number of halogens is 3. The zero-order chi connectivity index (χ0) is 21.6. The SMILES string of the molecule is O=C(Cc1ccc(C(F)(F)F)nc1)N(CC1CCNCC1)C[C@@H](O)c1cccnc1. The third kappa shape index (κ3) is 6.24. The fourth-order valence-corrected chi connectivity index (χ4v) is 3.52. The zero-order valence-electron chi connectivity index (χ0n) is 16.5. The minimum Gasteiger partial charge on any atom is -0.386 e. The Morgan fingerprint density at radius 2 is 2.00 bits per heavy atom. The van der Waals surface area contributed by atoms with E-state index in [0.717, 1.165) is 38.2 Å². The van der Waals surface area contributed by atoms with Gasteiger partial charge in [0.05, 0.1) is 19.1 Å². The maximum atomic E-state index is 13.0. The predicted octanol–water partition coefficient (Wildman–Crippen LogP) is 2.60. The van der Waals surface area contributed by atoms with E-state index in [9.17, 15) is 23.1 Å². The second kappa shape index (κ2) is 9.99. The highest BCUT2D eigenvalue weighted by molar-refractivity contribution is 5.78. The van der Waals surface area contributed by atoms with Gasteiger partial charge in [0, 0.05) is 30.7 Å². The highest BCUT2D eigenvalue weighted by Crippen LogP contribution is 2.27. The monoisotopic (exact) mass is 422 g/mol. The van der Waals surface area contributed by atoms with Gasteiger partial charge in [-0.2, -0.15) is 13.2 Å². The van der Waals surface area contributed by atoms with Gasteiger partial charge in [-0.25, -0.2) is 0 Å². The molecule has 2 aromatic heterocycles. The van der Waals surface area contributed by atoms with Crippen LogP contribution >= 0.6 is 0 Å². The molecule has 0 spiro atoms. The molecule has 1 aliphatic rings. The molecule has 30 heavy (non-hydrogen) atoms. The van der Waals surface area contributed by atoms with E-state index >= 15 is 0 Å². The van der Waals surface area contributed by atoms with E-state index in [-0.39, 0.29) is 18.9 Å². The molecule has 1 fully saturated rings. The Kier molecular flexibility index (Phi) is 7.38.